The molecular formula is C18H21NO2. The van der Waals surface area contributed by atoms with Crippen molar-refractivity contribution in [3.8, 4) is 11.5 Å². The summed E-state index contributed by atoms with van der Waals surface area (Å²) in [6.45, 7) is 6.89. The highest BCUT2D eigenvalue weighted by molar-refractivity contribution is 5.51. The largest absolute Gasteiger partial charge is 0.508 e. The Morgan fingerprint density at radius 3 is 2.76 bits per heavy atom. The number of aryl methyl sites for hydroxylation is 1. The number of anilines is 1. The quantitative estimate of drug-likeness (QED) is 0.836. The summed E-state index contributed by atoms with van der Waals surface area (Å²) < 4.78 is 5.89. The van der Waals surface area contributed by atoms with Crippen LogP contribution < -0.4 is 10.1 Å². The Morgan fingerprint density at radius 1 is 1.19 bits per heavy atom. The molecule has 110 valence electrons. The molecule has 0 radical (unpaired) electrons. The third kappa shape index (κ3) is 2.97. The molecule has 2 aromatic rings. The zero-order valence-electron chi connectivity index (χ0n) is 12.7. The average molecular weight is 283 g/mol. The Kier molecular flexibility index (Phi) is 3.28. The van der Waals surface area contributed by atoms with E-state index in [1.54, 1.807) is 6.07 Å². The van der Waals surface area contributed by atoms with Gasteiger partial charge in [-0.05, 0) is 61.7 Å². The molecule has 0 unspecified atom stereocenters. The topological polar surface area (TPSA) is 41.5 Å². The van der Waals surface area contributed by atoms with Gasteiger partial charge in [0, 0.05) is 18.7 Å². The minimum Gasteiger partial charge on any atom is -0.508 e. The number of ether oxygens (including phenoxy) is 1. The number of hydrogen-bond donors (Lipinski definition) is 2. The van der Waals surface area contributed by atoms with Crippen LogP contribution in [0, 0.1) is 6.92 Å². The lowest BCUT2D eigenvalue weighted by Gasteiger charge is -2.16. The van der Waals surface area contributed by atoms with Gasteiger partial charge in [0.1, 0.15) is 17.1 Å². The third-order valence-electron chi connectivity index (χ3n) is 3.82. The van der Waals surface area contributed by atoms with Crippen LogP contribution in [0.25, 0.3) is 0 Å². The summed E-state index contributed by atoms with van der Waals surface area (Å²) in [7, 11) is 0. The monoisotopic (exact) mass is 283 g/mol. The number of benzene rings is 2. The maximum Gasteiger partial charge on any atom is 0.123 e. The second-order valence-corrected chi connectivity index (χ2v) is 6.34. The van der Waals surface area contributed by atoms with Crippen LogP contribution in [0.1, 0.15) is 30.5 Å². The second kappa shape index (κ2) is 4.99. The van der Waals surface area contributed by atoms with Gasteiger partial charge < -0.3 is 15.2 Å². The van der Waals surface area contributed by atoms with Gasteiger partial charge in [0.05, 0.1) is 0 Å². The van der Waals surface area contributed by atoms with Gasteiger partial charge in [-0.15, -0.1) is 0 Å². The molecule has 0 fully saturated rings. The Morgan fingerprint density at radius 2 is 2.00 bits per heavy atom. The summed E-state index contributed by atoms with van der Waals surface area (Å²) in [5.41, 5.74) is 4.32. The summed E-state index contributed by atoms with van der Waals surface area (Å²) in [4.78, 5) is 0. The van der Waals surface area contributed by atoms with Crippen molar-refractivity contribution in [2.24, 2.45) is 0 Å². The van der Waals surface area contributed by atoms with Crippen LogP contribution >= 0.6 is 0 Å². The molecule has 0 bridgehead atoms. The van der Waals surface area contributed by atoms with Crippen LogP contribution in [0.15, 0.2) is 36.4 Å². The van der Waals surface area contributed by atoms with Gasteiger partial charge in [-0.2, -0.15) is 0 Å². The van der Waals surface area contributed by atoms with E-state index in [1.165, 1.54) is 11.1 Å². The smallest absolute Gasteiger partial charge is 0.123 e. The maximum atomic E-state index is 9.54. The minimum atomic E-state index is -0.0948. The summed E-state index contributed by atoms with van der Waals surface area (Å²) in [6.07, 6.45) is 0.953. The summed E-state index contributed by atoms with van der Waals surface area (Å²) in [6, 6.07) is 11.9. The first kappa shape index (κ1) is 13.8. The number of fused-ring (bicyclic) bond motifs is 1. The van der Waals surface area contributed by atoms with Crippen molar-refractivity contribution in [2.75, 3.05) is 5.32 Å². The molecule has 0 saturated carbocycles. The molecule has 1 heterocycles. The fourth-order valence-corrected chi connectivity index (χ4v) is 2.74. The normalized spacial score (nSPS) is 15.4. The Hall–Kier alpha value is -2.16. The molecule has 0 spiro atoms. The molecule has 0 saturated heterocycles. The van der Waals surface area contributed by atoms with Crippen molar-refractivity contribution >= 4 is 5.69 Å². The van der Waals surface area contributed by atoms with E-state index < -0.39 is 0 Å². The van der Waals surface area contributed by atoms with E-state index in [9.17, 15) is 5.11 Å². The first-order valence-electron chi connectivity index (χ1n) is 7.27. The molecule has 1 aliphatic heterocycles. The lowest BCUT2D eigenvalue weighted by atomic mass is 10.0. The van der Waals surface area contributed by atoms with Crippen molar-refractivity contribution in [3.63, 3.8) is 0 Å². The standard InChI is InChI=1S/C18H21NO2/c1-12-8-15(5-6-16(12)20)19-11-13-4-7-17-14(9-13)10-18(2,3)21-17/h4-9,19-20H,10-11H2,1-3H3. The second-order valence-electron chi connectivity index (χ2n) is 6.34. The fraction of sp³-hybridized carbons (Fsp3) is 0.333. The SMILES string of the molecule is Cc1cc(NCc2ccc3c(c2)CC(C)(C)O3)ccc1O. The van der Waals surface area contributed by atoms with Gasteiger partial charge >= 0.3 is 0 Å². The van der Waals surface area contributed by atoms with Gasteiger partial charge in [-0.25, -0.2) is 0 Å². The van der Waals surface area contributed by atoms with Gasteiger partial charge in [0.15, 0.2) is 0 Å². The van der Waals surface area contributed by atoms with Gasteiger partial charge in [0.2, 0.25) is 0 Å². The van der Waals surface area contributed by atoms with E-state index in [0.29, 0.717) is 5.75 Å². The summed E-state index contributed by atoms with van der Waals surface area (Å²) in [5, 5.41) is 12.9. The molecule has 3 heteroatoms. The van der Waals surface area contributed by atoms with Crippen LogP contribution in [0.4, 0.5) is 5.69 Å². The van der Waals surface area contributed by atoms with Crippen LogP contribution in [0.3, 0.4) is 0 Å². The molecule has 2 aromatic carbocycles. The molecule has 0 amide bonds. The molecule has 0 aromatic heterocycles. The highest BCUT2D eigenvalue weighted by Crippen LogP contribution is 2.35. The highest BCUT2D eigenvalue weighted by Gasteiger charge is 2.29. The molecule has 3 rings (SSSR count). The zero-order valence-corrected chi connectivity index (χ0v) is 12.7. The first-order chi connectivity index (χ1) is 9.93. The number of aromatic hydroxyl groups is 1. The van der Waals surface area contributed by atoms with E-state index in [4.69, 9.17) is 4.74 Å². The Bertz CT molecular complexity index is 677. The van der Waals surface area contributed by atoms with Crippen LogP contribution in [0.5, 0.6) is 11.5 Å². The molecule has 0 atom stereocenters. The van der Waals surface area contributed by atoms with Gasteiger partial charge in [0.25, 0.3) is 0 Å². The highest BCUT2D eigenvalue weighted by atomic mass is 16.5. The zero-order chi connectivity index (χ0) is 15.0. The number of nitrogens with one attached hydrogen (secondary N) is 1. The predicted molar refractivity (Wildman–Crippen MR) is 85.0 cm³/mol. The van der Waals surface area contributed by atoms with Crippen molar-refractivity contribution in [1.82, 2.24) is 0 Å². The number of hydrogen-bond acceptors (Lipinski definition) is 3. The summed E-state index contributed by atoms with van der Waals surface area (Å²) in [5.74, 6) is 1.33. The molecule has 2 N–H and O–H groups in total. The molecule has 1 aliphatic rings. The van der Waals surface area contributed by atoms with Gasteiger partial charge in [-0.1, -0.05) is 12.1 Å². The average Bonchev–Trinajstić information content (AvgIpc) is 2.73. The lowest BCUT2D eigenvalue weighted by molar-refractivity contribution is 0.138. The number of phenols is 1. The van der Waals surface area contributed by atoms with Crippen LogP contribution in [0.2, 0.25) is 0 Å². The fourth-order valence-electron chi connectivity index (χ4n) is 2.74. The number of rotatable bonds is 3. The van der Waals surface area contributed by atoms with Crippen LogP contribution in [-0.4, -0.2) is 10.7 Å². The van der Waals surface area contributed by atoms with E-state index in [-0.39, 0.29) is 5.60 Å². The van der Waals surface area contributed by atoms with Crippen molar-refractivity contribution < 1.29 is 9.84 Å². The molecule has 3 nitrogen and oxygen atoms in total. The molecule has 21 heavy (non-hydrogen) atoms. The molecule has 0 aliphatic carbocycles. The summed E-state index contributed by atoms with van der Waals surface area (Å²) >= 11 is 0. The minimum absolute atomic E-state index is 0.0948. The van der Waals surface area contributed by atoms with Gasteiger partial charge in [-0.3, -0.25) is 0 Å². The van der Waals surface area contributed by atoms with Crippen LogP contribution in [-0.2, 0) is 13.0 Å². The Balaban J connectivity index is 1.71. The maximum absolute atomic E-state index is 9.54. The van der Waals surface area contributed by atoms with Crippen molar-refractivity contribution in [1.29, 1.82) is 0 Å². The molecular weight excluding hydrogens is 262 g/mol. The van der Waals surface area contributed by atoms with Crippen molar-refractivity contribution in [2.45, 2.75) is 39.3 Å². The van der Waals surface area contributed by atoms with E-state index in [1.807, 2.05) is 19.1 Å². The van der Waals surface area contributed by atoms with Crippen molar-refractivity contribution in [3.05, 3.63) is 53.1 Å². The Labute approximate surface area is 125 Å². The van der Waals surface area contributed by atoms with E-state index >= 15 is 0 Å². The third-order valence-corrected chi connectivity index (χ3v) is 3.82. The van der Waals surface area contributed by atoms with E-state index in [2.05, 4.69) is 37.4 Å². The lowest BCUT2D eigenvalue weighted by Crippen LogP contribution is -2.24. The predicted octanol–water partition coefficient (Wildman–Crippen LogP) is 4.03. The first-order valence-corrected chi connectivity index (χ1v) is 7.27. The number of phenolic OH excluding ortho intramolecular Hbond substituents is 1. The van der Waals surface area contributed by atoms with E-state index in [0.717, 1.165) is 30.0 Å².